The van der Waals surface area contributed by atoms with Gasteiger partial charge in [0.15, 0.2) is 0 Å². The molecule has 1 rings (SSSR count). The van der Waals surface area contributed by atoms with Gasteiger partial charge < -0.3 is 9.57 Å². The van der Waals surface area contributed by atoms with Crippen LogP contribution in [-0.4, -0.2) is 13.2 Å². The molecule has 0 aliphatic heterocycles. The van der Waals surface area contributed by atoms with Crippen molar-refractivity contribution in [1.82, 2.24) is 0 Å². The van der Waals surface area contributed by atoms with Crippen LogP contribution >= 0.6 is 11.6 Å². The minimum atomic E-state index is 0.352. The van der Waals surface area contributed by atoms with Crippen molar-refractivity contribution in [1.29, 1.82) is 0 Å². The number of para-hydroxylation sites is 1. The molecule has 0 heterocycles. The van der Waals surface area contributed by atoms with Crippen molar-refractivity contribution < 1.29 is 9.57 Å². The summed E-state index contributed by atoms with van der Waals surface area (Å²) in [6, 6.07) is 7.25. The summed E-state index contributed by atoms with van der Waals surface area (Å²) in [6.45, 7) is 0.755. The van der Waals surface area contributed by atoms with Crippen LogP contribution in [-0.2, 0) is 4.84 Å². The molecule has 1 aromatic rings. The number of hydrogen-bond acceptors (Lipinski definition) is 3. The molecule has 0 saturated heterocycles. The van der Waals surface area contributed by atoms with Crippen LogP contribution in [0.25, 0.3) is 0 Å². The molecule has 0 amide bonds. The van der Waals surface area contributed by atoms with E-state index in [1.165, 1.54) is 0 Å². The summed E-state index contributed by atoms with van der Waals surface area (Å²) < 4.78 is 5.24. The third-order valence-electron chi connectivity index (χ3n) is 1.30. The van der Waals surface area contributed by atoms with E-state index in [1.54, 1.807) is 12.1 Å². The standard InChI is InChI=1S/C8H10ClNO2/c9-7-3-1-2-4-8(7)11-5-6-12-10/h1-4H,5-6,10H2. The topological polar surface area (TPSA) is 44.5 Å². The molecular formula is C8H10ClNO2. The molecule has 0 saturated carbocycles. The summed E-state index contributed by atoms with van der Waals surface area (Å²) in [5.41, 5.74) is 0. The summed E-state index contributed by atoms with van der Waals surface area (Å²) in [4.78, 5) is 4.34. The summed E-state index contributed by atoms with van der Waals surface area (Å²) in [5.74, 6) is 5.47. The zero-order valence-corrected chi connectivity index (χ0v) is 7.25. The van der Waals surface area contributed by atoms with Crippen molar-refractivity contribution in [3.05, 3.63) is 29.3 Å². The van der Waals surface area contributed by atoms with E-state index < -0.39 is 0 Å². The van der Waals surface area contributed by atoms with Crippen LogP contribution in [0.3, 0.4) is 0 Å². The Morgan fingerprint density at radius 2 is 2.00 bits per heavy atom. The number of ether oxygens (including phenoxy) is 1. The molecule has 0 bridgehead atoms. The van der Waals surface area contributed by atoms with E-state index in [0.717, 1.165) is 0 Å². The van der Waals surface area contributed by atoms with Crippen LogP contribution in [0.4, 0.5) is 0 Å². The van der Waals surface area contributed by atoms with Gasteiger partial charge in [-0.1, -0.05) is 23.7 Å². The van der Waals surface area contributed by atoms with Crippen LogP contribution in [0.1, 0.15) is 0 Å². The molecule has 66 valence electrons. The highest BCUT2D eigenvalue weighted by molar-refractivity contribution is 6.32. The van der Waals surface area contributed by atoms with E-state index in [0.29, 0.717) is 24.0 Å². The van der Waals surface area contributed by atoms with Gasteiger partial charge in [-0.15, -0.1) is 0 Å². The molecule has 3 nitrogen and oxygen atoms in total. The van der Waals surface area contributed by atoms with Gasteiger partial charge in [0.2, 0.25) is 0 Å². The lowest BCUT2D eigenvalue weighted by molar-refractivity contribution is 0.102. The zero-order valence-electron chi connectivity index (χ0n) is 6.50. The predicted molar refractivity (Wildman–Crippen MR) is 47.1 cm³/mol. The van der Waals surface area contributed by atoms with Gasteiger partial charge >= 0.3 is 0 Å². The zero-order chi connectivity index (χ0) is 8.81. The Morgan fingerprint density at radius 3 is 2.67 bits per heavy atom. The van der Waals surface area contributed by atoms with Crippen molar-refractivity contribution in [3.63, 3.8) is 0 Å². The van der Waals surface area contributed by atoms with Crippen LogP contribution in [0.5, 0.6) is 5.75 Å². The van der Waals surface area contributed by atoms with Gasteiger partial charge in [0.05, 0.1) is 5.02 Å². The second-order valence-electron chi connectivity index (χ2n) is 2.15. The Bertz CT molecular complexity index is 242. The summed E-state index contributed by atoms with van der Waals surface area (Å²) >= 11 is 5.81. The lowest BCUT2D eigenvalue weighted by atomic mass is 10.3. The number of nitrogens with two attached hydrogens (primary N) is 1. The van der Waals surface area contributed by atoms with E-state index in [-0.39, 0.29) is 0 Å². The lowest BCUT2D eigenvalue weighted by Crippen LogP contribution is -2.10. The molecule has 0 unspecified atom stereocenters. The second-order valence-corrected chi connectivity index (χ2v) is 2.56. The van der Waals surface area contributed by atoms with E-state index in [4.69, 9.17) is 22.2 Å². The molecule has 12 heavy (non-hydrogen) atoms. The van der Waals surface area contributed by atoms with E-state index in [9.17, 15) is 0 Å². The molecular weight excluding hydrogens is 178 g/mol. The van der Waals surface area contributed by atoms with Crippen molar-refractivity contribution >= 4 is 11.6 Å². The molecule has 0 fully saturated rings. The fourth-order valence-electron chi connectivity index (χ4n) is 0.762. The highest BCUT2D eigenvalue weighted by Gasteiger charge is 1.97. The summed E-state index contributed by atoms with van der Waals surface area (Å²) in [5, 5.41) is 0.592. The van der Waals surface area contributed by atoms with Crippen molar-refractivity contribution in [3.8, 4) is 5.75 Å². The normalized spacial score (nSPS) is 9.83. The summed E-state index contributed by atoms with van der Waals surface area (Å²) in [7, 11) is 0. The van der Waals surface area contributed by atoms with Crippen molar-refractivity contribution in [2.75, 3.05) is 13.2 Å². The third kappa shape index (κ3) is 2.70. The first-order chi connectivity index (χ1) is 5.84. The van der Waals surface area contributed by atoms with Crippen molar-refractivity contribution in [2.45, 2.75) is 0 Å². The van der Waals surface area contributed by atoms with Crippen LogP contribution in [0, 0.1) is 0 Å². The smallest absolute Gasteiger partial charge is 0.138 e. The Kier molecular flexibility index (Phi) is 3.87. The SMILES string of the molecule is NOCCOc1ccccc1Cl. The Labute approximate surface area is 76.0 Å². The van der Waals surface area contributed by atoms with Gasteiger partial charge in [-0.2, -0.15) is 0 Å². The molecule has 4 heteroatoms. The quantitative estimate of drug-likeness (QED) is 0.576. The van der Waals surface area contributed by atoms with E-state index >= 15 is 0 Å². The first-order valence-corrected chi connectivity index (χ1v) is 3.91. The molecule has 0 spiro atoms. The molecule has 0 aromatic heterocycles. The number of benzene rings is 1. The van der Waals surface area contributed by atoms with Crippen molar-refractivity contribution in [2.24, 2.45) is 5.90 Å². The largest absolute Gasteiger partial charge is 0.490 e. The number of rotatable bonds is 4. The maximum Gasteiger partial charge on any atom is 0.138 e. The minimum absolute atomic E-state index is 0.352. The van der Waals surface area contributed by atoms with Gasteiger partial charge in [0.1, 0.15) is 19.0 Å². The first-order valence-electron chi connectivity index (χ1n) is 3.53. The predicted octanol–water partition coefficient (Wildman–Crippen LogP) is 1.61. The Morgan fingerprint density at radius 1 is 1.25 bits per heavy atom. The lowest BCUT2D eigenvalue weighted by Gasteiger charge is -2.05. The maximum atomic E-state index is 5.81. The number of hydrogen-bond donors (Lipinski definition) is 1. The minimum Gasteiger partial charge on any atom is -0.490 e. The highest BCUT2D eigenvalue weighted by Crippen LogP contribution is 2.22. The van der Waals surface area contributed by atoms with Gasteiger partial charge in [-0.25, -0.2) is 5.90 Å². The molecule has 0 aliphatic carbocycles. The first kappa shape index (κ1) is 9.32. The maximum absolute atomic E-state index is 5.81. The molecule has 1 aromatic carbocycles. The van der Waals surface area contributed by atoms with E-state index in [1.807, 2.05) is 12.1 Å². The fourth-order valence-corrected chi connectivity index (χ4v) is 0.952. The Hall–Kier alpha value is -0.770. The van der Waals surface area contributed by atoms with Gasteiger partial charge in [-0.3, -0.25) is 0 Å². The average molecular weight is 188 g/mol. The second kappa shape index (κ2) is 4.98. The van der Waals surface area contributed by atoms with Crippen LogP contribution in [0.2, 0.25) is 5.02 Å². The molecule has 0 radical (unpaired) electrons. The van der Waals surface area contributed by atoms with Gasteiger partial charge in [0, 0.05) is 0 Å². The van der Waals surface area contributed by atoms with Gasteiger partial charge in [0.25, 0.3) is 0 Å². The molecule has 0 aliphatic rings. The molecule has 2 N–H and O–H groups in total. The van der Waals surface area contributed by atoms with Crippen LogP contribution < -0.4 is 10.6 Å². The van der Waals surface area contributed by atoms with Gasteiger partial charge in [-0.05, 0) is 12.1 Å². The highest BCUT2D eigenvalue weighted by atomic mass is 35.5. The van der Waals surface area contributed by atoms with Crippen LogP contribution in [0.15, 0.2) is 24.3 Å². The Balaban J connectivity index is 2.46. The third-order valence-corrected chi connectivity index (χ3v) is 1.61. The summed E-state index contributed by atoms with van der Waals surface area (Å²) in [6.07, 6.45) is 0. The van der Waals surface area contributed by atoms with E-state index in [2.05, 4.69) is 4.84 Å². The average Bonchev–Trinajstić information content (AvgIpc) is 2.09. The fraction of sp³-hybridized carbons (Fsp3) is 0.250. The molecule has 0 atom stereocenters. The monoisotopic (exact) mass is 187 g/mol. The number of halogens is 1.